The zero-order valence-electron chi connectivity index (χ0n) is 9.42. The number of hydrogen-bond acceptors (Lipinski definition) is 3. The van der Waals surface area contributed by atoms with E-state index in [1.165, 1.54) is 18.5 Å². The van der Waals surface area contributed by atoms with E-state index in [2.05, 4.69) is 32.8 Å². The topological polar surface area (TPSA) is 37.9 Å². The predicted molar refractivity (Wildman–Crippen MR) is 69.1 cm³/mol. The number of ether oxygens (including phenoxy) is 1. The number of hydrogen-bond donors (Lipinski definition) is 1. The maximum absolute atomic E-state index is 5.38. The molecule has 0 saturated heterocycles. The van der Waals surface area contributed by atoms with Gasteiger partial charge in [-0.15, -0.1) is 0 Å². The van der Waals surface area contributed by atoms with Crippen molar-refractivity contribution in [3.8, 4) is 0 Å². The molecular formula is C11H15BrN2OS. The van der Waals surface area contributed by atoms with Crippen LogP contribution in [0, 0.1) is 4.64 Å². The standard InChI is InChI=1S/C11H15BrN2OS/c1-3-7(15-2)10-13-9(6-4-5-6)8(12)11(16)14-10/h6-7H,3-5H2,1-2H3,(H,13,14,16). The van der Waals surface area contributed by atoms with Gasteiger partial charge in [-0.25, -0.2) is 4.98 Å². The van der Waals surface area contributed by atoms with Crippen molar-refractivity contribution < 1.29 is 4.74 Å². The summed E-state index contributed by atoms with van der Waals surface area (Å²) in [6.45, 7) is 2.07. The number of aromatic amines is 1. The van der Waals surface area contributed by atoms with E-state index in [1.54, 1.807) is 7.11 Å². The van der Waals surface area contributed by atoms with Gasteiger partial charge >= 0.3 is 0 Å². The average Bonchev–Trinajstić information content (AvgIpc) is 3.08. The molecule has 0 bridgehead atoms. The van der Waals surface area contributed by atoms with Gasteiger partial charge in [0.15, 0.2) is 0 Å². The molecule has 1 saturated carbocycles. The predicted octanol–water partition coefficient (Wildman–Crippen LogP) is 3.88. The Bertz CT molecular complexity index is 438. The molecule has 1 aliphatic carbocycles. The van der Waals surface area contributed by atoms with Crippen molar-refractivity contribution in [2.75, 3.05) is 7.11 Å². The Kier molecular flexibility index (Phi) is 3.77. The monoisotopic (exact) mass is 302 g/mol. The second-order valence-corrected chi connectivity index (χ2v) is 5.24. The highest BCUT2D eigenvalue weighted by Gasteiger charge is 2.28. The summed E-state index contributed by atoms with van der Waals surface area (Å²) < 4.78 is 6.96. The third-order valence-corrected chi connectivity index (χ3v) is 4.22. The lowest BCUT2D eigenvalue weighted by Gasteiger charge is -2.14. The highest BCUT2D eigenvalue weighted by Crippen LogP contribution is 2.42. The van der Waals surface area contributed by atoms with Crippen LogP contribution in [0.25, 0.3) is 0 Å². The first kappa shape index (κ1) is 12.2. The smallest absolute Gasteiger partial charge is 0.144 e. The molecule has 0 amide bonds. The summed E-state index contributed by atoms with van der Waals surface area (Å²) in [6.07, 6.45) is 3.36. The highest BCUT2D eigenvalue weighted by molar-refractivity contribution is 9.10. The molecule has 0 aromatic carbocycles. The van der Waals surface area contributed by atoms with E-state index in [1.807, 2.05) is 0 Å². The fraction of sp³-hybridized carbons (Fsp3) is 0.636. The Morgan fingerprint density at radius 2 is 2.31 bits per heavy atom. The summed E-state index contributed by atoms with van der Waals surface area (Å²) in [7, 11) is 1.70. The molecule has 1 fully saturated rings. The first-order valence-corrected chi connectivity index (χ1v) is 6.69. The fourth-order valence-corrected chi connectivity index (χ4v) is 2.49. The number of H-pyrrole nitrogens is 1. The Hall–Kier alpha value is -0.260. The van der Waals surface area contributed by atoms with Crippen LogP contribution in [0.1, 0.15) is 49.7 Å². The van der Waals surface area contributed by atoms with E-state index in [-0.39, 0.29) is 6.10 Å². The molecule has 0 aliphatic heterocycles. The average molecular weight is 303 g/mol. The molecule has 1 aromatic rings. The van der Waals surface area contributed by atoms with Crippen molar-refractivity contribution >= 4 is 28.1 Å². The Morgan fingerprint density at radius 3 is 2.81 bits per heavy atom. The summed E-state index contributed by atoms with van der Waals surface area (Å²) in [5.41, 5.74) is 1.19. The number of nitrogens with zero attached hydrogens (tertiary/aromatic N) is 1. The van der Waals surface area contributed by atoms with Crippen LogP contribution in [0.4, 0.5) is 0 Å². The second kappa shape index (κ2) is 4.94. The Balaban J connectivity index is 2.43. The van der Waals surface area contributed by atoms with E-state index in [4.69, 9.17) is 17.0 Å². The minimum Gasteiger partial charge on any atom is -0.374 e. The Labute approximate surface area is 109 Å². The van der Waals surface area contributed by atoms with Crippen LogP contribution >= 0.6 is 28.1 Å². The minimum absolute atomic E-state index is 0.00676. The summed E-state index contributed by atoms with van der Waals surface area (Å²) in [5, 5.41) is 0. The van der Waals surface area contributed by atoms with Gasteiger partial charge in [-0.3, -0.25) is 0 Å². The normalized spacial score (nSPS) is 17.4. The zero-order valence-corrected chi connectivity index (χ0v) is 11.8. The molecule has 1 atom stereocenters. The molecule has 0 radical (unpaired) electrons. The van der Waals surface area contributed by atoms with E-state index in [0.29, 0.717) is 10.6 Å². The zero-order chi connectivity index (χ0) is 11.7. The van der Waals surface area contributed by atoms with Crippen LogP contribution in [-0.4, -0.2) is 17.1 Å². The van der Waals surface area contributed by atoms with Gasteiger partial charge in [-0.05, 0) is 35.2 Å². The van der Waals surface area contributed by atoms with Gasteiger partial charge in [0, 0.05) is 18.7 Å². The molecule has 1 N–H and O–H groups in total. The summed E-state index contributed by atoms with van der Waals surface area (Å²) in [5.74, 6) is 1.47. The molecule has 1 aliphatic rings. The molecular weight excluding hydrogens is 288 g/mol. The third-order valence-electron chi connectivity index (χ3n) is 2.85. The van der Waals surface area contributed by atoms with Gasteiger partial charge in [-0.1, -0.05) is 19.1 Å². The van der Waals surface area contributed by atoms with Crippen LogP contribution < -0.4 is 0 Å². The second-order valence-electron chi connectivity index (χ2n) is 4.06. The van der Waals surface area contributed by atoms with Gasteiger partial charge in [0.1, 0.15) is 16.6 Å². The number of halogens is 1. The highest BCUT2D eigenvalue weighted by atomic mass is 79.9. The largest absolute Gasteiger partial charge is 0.374 e. The van der Waals surface area contributed by atoms with Crippen molar-refractivity contribution in [3.05, 3.63) is 20.6 Å². The van der Waals surface area contributed by atoms with Crippen LogP contribution in [0.2, 0.25) is 0 Å². The molecule has 88 valence electrons. The summed E-state index contributed by atoms with van der Waals surface area (Å²) >= 11 is 8.77. The SMILES string of the molecule is CCC(OC)c1nc(=S)c(Br)c(C2CC2)[nH]1. The van der Waals surface area contributed by atoms with Crippen LogP contribution in [0.3, 0.4) is 0 Å². The molecule has 5 heteroatoms. The number of rotatable bonds is 4. The van der Waals surface area contributed by atoms with E-state index < -0.39 is 0 Å². The van der Waals surface area contributed by atoms with Crippen molar-refractivity contribution in [1.82, 2.24) is 9.97 Å². The molecule has 0 spiro atoms. The first-order chi connectivity index (χ1) is 7.67. The maximum atomic E-state index is 5.38. The number of aromatic nitrogens is 2. The van der Waals surface area contributed by atoms with Gasteiger partial charge in [0.05, 0.1) is 4.47 Å². The molecule has 1 unspecified atom stereocenters. The van der Waals surface area contributed by atoms with Crippen LogP contribution in [0.5, 0.6) is 0 Å². The van der Waals surface area contributed by atoms with Crippen molar-refractivity contribution in [1.29, 1.82) is 0 Å². The molecule has 1 heterocycles. The van der Waals surface area contributed by atoms with Gasteiger partial charge in [0.25, 0.3) is 0 Å². The van der Waals surface area contributed by atoms with Crippen LogP contribution in [-0.2, 0) is 4.74 Å². The lowest BCUT2D eigenvalue weighted by atomic mass is 10.2. The molecule has 16 heavy (non-hydrogen) atoms. The van der Waals surface area contributed by atoms with Crippen molar-refractivity contribution in [3.63, 3.8) is 0 Å². The van der Waals surface area contributed by atoms with E-state index in [0.717, 1.165) is 16.7 Å². The molecule has 2 rings (SSSR count). The van der Waals surface area contributed by atoms with Crippen molar-refractivity contribution in [2.24, 2.45) is 0 Å². The third kappa shape index (κ3) is 2.36. The van der Waals surface area contributed by atoms with Gasteiger partial charge in [-0.2, -0.15) is 0 Å². The first-order valence-electron chi connectivity index (χ1n) is 5.49. The molecule has 1 aromatic heterocycles. The lowest BCUT2D eigenvalue weighted by molar-refractivity contribution is 0.0922. The fourth-order valence-electron chi connectivity index (χ4n) is 1.77. The maximum Gasteiger partial charge on any atom is 0.144 e. The quantitative estimate of drug-likeness (QED) is 0.858. The van der Waals surface area contributed by atoms with E-state index in [9.17, 15) is 0 Å². The van der Waals surface area contributed by atoms with Gasteiger partial charge < -0.3 is 9.72 Å². The lowest BCUT2D eigenvalue weighted by Crippen LogP contribution is -2.08. The number of nitrogens with one attached hydrogen (secondary N) is 1. The summed E-state index contributed by atoms with van der Waals surface area (Å²) in [4.78, 5) is 7.74. The minimum atomic E-state index is 0.00676. The van der Waals surface area contributed by atoms with E-state index >= 15 is 0 Å². The Morgan fingerprint density at radius 1 is 1.62 bits per heavy atom. The van der Waals surface area contributed by atoms with Crippen molar-refractivity contribution in [2.45, 2.75) is 38.2 Å². The van der Waals surface area contributed by atoms with Crippen LogP contribution in [0.15, 0.2) is 4.47 Å². The van der Waals surface area contributed by atoms with Gasteiger partial charge in [0.2, 0.25) is 0 Å². The summed E-state index contributed by atoms with van der Waals surface area (Å²) in [6, 6.07) is 0. The molecule has 3 nitrogen and oxygen atoms in total. The number of methoxy groups -OCH3 is 1.